The highest BCUT2D eigenvalue weighted by Gasteiger charge is 2.26. The minimum atomic E-state index is -4.11. The van der Waals surface area contributed by atoms with Gasteiger partial charge < -0.3 is 10.1 Å². The maximum Gasteiger partial charge on any atom is 0.389 e. The van der Waals surface area contributed by atoms with E-state index in [2.05, 4.69) is 21.2 Å². The molecule has 1 rings (SSSR count). The standard InChI is InChI=1S/C14H19BrF3NO/c1-2-19-10-13(11-5-3-6-12(15)9-11)20-8-4-7-14(16,17)18/h3,5-6,9,13,19H,2,4,7-8,10H2,1H3. The van der Waals surface area contributed by atoms with Crippen molar-refractivity contribution in [3.8, 4) is 0 Å². The topological polar surface area (TPSA) is 21.3 Å². The molecule has 2 nitrogen and oxygen atoms in total. The molecule has 0 aromatic heterocycles. The molecule has 1 N–H and O–H groups in total. The fourth-order valence-electron chi connectivity index (χ4n) is 1.75. The van der Waals surface area contributed by atoms with Crippen LogP contribution in [0.5, 0.6) is 0 Å². The highest BCUT2D eigenvalue weighted by molar-refractivity contribution is 9.10. The SMILES string of the molecule is CCNCC(OCCCC(F)(F)F)c1cccc(Br)c1. The molecule has 0 bridgehead atoms. The van der Waals surface area contributed by atoms with E-state index in [0.717, 1.165) is 16.6 Å². The molecule has 0 heterocycles. The zero-order valence-corrected chi connectivity index (χ0v) is 12.9. The molecule has 0 radical (unpaired) electrons. The maximum absolute atomic E-state index is 12.1. The summed E-state index contributed by atoms with van der Waals surface area (Å²) in [5.41, 5.74) is 0.951. The van der Waals surface area contributed by atoms with Crippen LogP contribution in [0, 0.1) is 0 Å². The second-order valence-electron chi connectivity index (χ2n) is 4.44. The molecule has 0 spiro atoms. The second-order valence-corrected chi connectivity index (χ2v) is 5.36. The molecular weight excluding hydrogens is 335 g/mol. The van der Waals surface area contributed by atoms with Crippen molar-refractivity contribution in [2.75, 3.05) is 19.7 Å². The summed E-state index contributed by atoms with van der Waals surface area (Å²) in [4.78, 5) is 0. The molecule has 0 amide bonds. The fraction of sp³-hybridized carbons (Fsp3) is 0.571. The van der Waals surface area contributed by atoms with Crippen LogP contribution in [0.1, 0.15) is 31.4 Å². The first kappa shape index (κ1) is 17.5. The summed E-state index contributed by atoms with van der Waals surface area (Å²) in [6.07, 6.45) is -5.17. The lowest BCUT2D eigenvalue weighted by atomic mass is 10.1. The monoisotopic (exact) mass is 353 g/mol. The molecule has 1 atom stereocenters. The molecule has 0 fully saturated rings. The van der Waals surface area contributed by atoms with Crippen molar-refractivity contribution in [1.29, 1.82) is 0 Å². The minimum absolute atomic E-state index is 0.0138. The van der Waals surface area contributed by atoms with E-state index in [4.69, 9.17) is 4.74 Å². The van der Waals surface area contributed by atoms with E-state index in [9.17, 15) is 13.2 Å². The van der Waals surface area contributed by atoms with E-state index in [1.165, 1.54) is 0 Å². The molecule has 0 aliphatic heterocycles. The molecule has 0 saturated carbocycles. The van der Waals surface area contributed by atoms with Gasteiger partial charge in [-0.2, -0.15) is 13.2 Å². The summed E-state index contributed by atoms with van der Waals surface area (Å²) in [5.74, 6) is 0. The van der Waals surface area contributed by atoms with Gasteiger partial charge in [-0.15, -0.1) is 0 Å². The highest BCUT2D eigenvalue weighted by atomic mass is 79.9. The average molecular weight is 354 g/mol. The molecular formula is C14H19BrF3NO. The molecule has 20 heavy (non-hydrogen) atoms. The molecule has 6 heteroatoms. The van der Waals surface area contributed by atoms with Gasteiger partial charge in [-0.05, 0) is 30.7 Å². The number of hydrogen-bond donors (Lipinski definition) is 1. The first-order valence-corrected chi connectivity index (χ1v) is 7.36. The molecule has 1 aromatic carbocycles. The van der Waals surface area contributed by atoms with Crippen LogP contribution < -0.4 is 5.32 Å². The Labute approximate surface area is 125 Å². The van der Waals surface area contributed by atoms with Crippen molar-refractivity contribution in [3.63, 3.8) is 0 Å². The third-order valence-corrected chi connectivity index (χ3v) is 3.22. The van der Waals surface area contributed by atoms with Crippen LogP contribution in [0.3, 0.4) is 0 Å². The quantitative estimate of drug-likeness (QED) is 0.696. The Bertz CT molecular complexity index is 398. The second kappa shape index (κ2) is 8.64. The van der Waals surface area contributed by atoms with Gasteiger partial charge in [0.2, 0.25) is 0 Å². The largest absolute Gasteiger partial charge is 0.389 e. The number of alkyl halides is 3. The lowest BCUT2D eigenvalue weighted by Crippen LogP contribution is -2.23. The van der Waals surface area contributed by atoms with E-state index in [0.29, 0.717) is 6.54 Å². The van der Waals surface area contributed by atoms with Crippen molar-refractivity contribution in [2.24, 2.45) is 0 Å². The van der Waals surface area contributed by atoms with Crippen molar-refractivity contribution < 1.29 is 17.9 Å². The van der Waals surface area contributed by atoms with Crippen LogP contribution in [0.25, 0.3) is 0 Å². The predicted molar refractivity (Wildman–Crippen MR) is 76.7 cm³/mol. The Morgan fingerprint density at radius 1 is 1.35 bits per heavy atom. The van der Waals surface area contributed by atoms with Crippen LogP contribution in [0.2, 0.25) is 0 Å². The number of likely N-dealkylation sites (N-methyl/N-ethyl adjacent to an activating group) is 1. The molecule has 1 unspecified atom stereocenters. The molecule has 1 aromatic rings. The number of benzene rings is 1. The van der Waals surface area contributed by atoms with Gasteiger partial charge in [0.1, 0.15) is 0 Å². The Morgan fingerprint density at radius 2 is 2.10 bits per heavy atom. The predicted octanol–water partition coefficient (Wildman–Crippen LogP) is 4.46. The van der Waals surface area contributed by atoms with E-state index in [-0.39, 0.29) is 19.1 Å². The number of ether oxygens (including phenoxy) is 1. The summed E-state index contributed by atoms with van der Waals surface area (Å²) in [6.45, 7) is 3.44. The van der Waals surface area contributed by atoms with Gasteiger partial charge in [0.15, 0.2) is 0 Å². The van der Waals surface area contributed by atoms with Gasteiger partial charge in [-0.25, -0.2) is 0 Å². The van der Waals surface area contributed by atoms with Crippen LogP contribution in [0.15, 0.2) is 28.7 Å². The number of hydrogen-bond acceptors (Lipinski definition) is 2. The Hall–Kier alpha value is -0.590. The van der Waals surface area contributed by atoms with Crippen molar-refractivity contribution >= 4 is 15.9 Å². The zero-order valence-electron chi connectivity index (χ0n) is 11.3. The molecule has 0 aliphatic carbocycles. The first-order chi connectivity index (χ1) is 9.42. The number of nitrogens with one attached hydrogen (secondary N) is 1. The van der Waals surface area contributed by atoms with Crippen molar-refractivity contribution in [1.82, 2.24) is 5.32 Å². The van der Waals surface area contributed by atoms with Crippen LogP contribution in [-0.2, 0) is 4.74 Å². The van der Waals surface area contributed by atoms with Crippen molar-refractivity contribution in [2.45, 2.75) is 32.0 Å². The fourth-order valence-corrected chi connectivity index (χ4v) is 2.17. The highest BCUT2D eigenvalue weighted by Crippen LogP contribution is 2.24. The van der Waals surface area contributed by atoms with Gasteiger partial charge >= 0.3 is 6.18 Å². The van der Waals surface area contributed by atoms with Crippen LogP contribution in [-0.4, -0.2) is 25.9 Å². The van der Waals surface area contributed by atoms with Gasteiger partial charge in [0.05, 0.1) is 6.10 Å². The lowest BCUT2D eigenvalue weighted by Gasteiger charge is -2.19. The summed E-state index contributed by atoms with van der Waals surface area (Å²) < 4.78 is 42.8. The van der Waals surface area contributed by atoms with Crippen LogP contribution >= 0.6 is 15.9 Å². The average Bonchev–Trinajstić information content (AvgIpc) is 2.36. The van der Waals surface area contributed by atoms with Crippen LogP contribution in [0.4, 0.5) is 13.2 Å². The summed E-state index contributed by atoms with van der Waals surface area (Å²) in [7, 11) is 0. The van der Waals surface area contributed by atoms with E-state index in [1.807, 2.05) is 31.2 Å². The molecule has 114 valence electrons. The van der Waals surface area contributed by atoms with E-state index >= 15 is 0 Å². The normalized spacial score (nSPS) is 13.4. The molecule has 0 aliphatic rings. The zero-order chi connectivity index (χ0) is 15.0. The van der Waals surface area contributed by atoms with Gasteiger partial charge in [-0.3, -0.25) is 0 Å². The molecule has 0 saturated heterocycles. The van der Waals surface area contributed by atoms with Gasteiger partial charge in [0, 0.05) is 24.0 Å². The van der Waals surface area contributed by atoms with Gasteiger partial charge in [0.25, 0.3) is 0 Å². The third-order valence-electron chi connectivity index (χ3n) is 2.72. The van der Waals surface area contributed by atoms with E-state index in [1.54, 1.807) is 0 Å². The summed E-state index contributed by atoms with van der Waals surface area (Å²) >= 11 is 3.38. The minimum Gasteiger partial charge on any atom is -0.372 e. The Morgan fingerprint density at radius 3 is 2.70 bits per heavy atom. The Balaban J connectivity index is 2.52. The number of halogens is 4. The number of rotatable bonds is 8. The van der Waals surface area contributed by atoms with Crippen molar-refractivity contribution in [3.05, 3.63) is 34.3 Å². The summed E-state index contributed by atoms with van der Waals surface area (Å²) in [6, 6.07) is 7.62. The smallest absolute Gasteiger partial charge is 0.372 e. The summed E-state index contributed by atoms with van der Waals surface area (Å²) in [5, 5.41) is 3.16. The van der Waals surface area contributed by atoms with E-state index < -0.39 is 12.6 Å². The lowest BCUT2D eigenvalue weighted by molar-refractivity contribution is -0.138. The first-order valence-electron chi connectivity index (χ1n) is 6.57. The Kier molecular flexibility index (Phi) is 7.55. The maximum atomic E-state index is 12.1. The third kappa shape index (κ3) is 7.26. The van der Waals surface area contributed by atoms with Gasteiger partial charge in [-0.1, -0.05) is 35.0 Å².